The Labute approximate surface area is 387 Å². The van der Waals surface area contributed by atoms with Gasteiger partial charge in [0.15, 0.2) is 0 Å². The van der Waals surface area contributed by atoms with E-state index in [1.165, 1.54) is 22.3 Å². The van der Waals surface area contributed by atoms with Crippen LogP contribution in [0.1, 0.15) is 134 Å². The summed E-state index contributed by atoms with van der Waals surface area (Å²) in [6.07, 6.45) is 4.55. The van der Waals surface area contributed by atoms with Crippen molar-refractivity contribution < 1.29 is 16.4 Å². The van der Waals surface area contributed by atoms with Crippen LogP contribution >= 0.6 is 0 Å². The average Bonchev–Trinajstić information content (AvgIpc) is 3.75. The van der Waals surface area contributed by atoms with Gasteiger partial charge in [0.1, 0.15) is 0 Å². The Morgan fingerprint density at radius 2 is 1.21 bits per heavy atom. The molecule has 62 heavy (non-hydrogen) atoms. The summed E-state index contributed by atoms with van der Waals surface area (Å²) in [5, 5.41) is 0. The first-order valence-corrected chi connectivity index (χ1v) is 22.0. The van der Waals surface area contributed by atoms with Crippen molar-refractivity contribution in [3.63, 3.8) is 0 Å². The lowest BCUT2D eigenvalue weighted by atomic mass is 9.77. The molecule has 0 spiro atoms. The number of rotatable bonds is 9. The number of hydrogen-bond donors (Lipinski definition) is 0. The Morgan fingerprint density at radius 3 is 1.92 bits per heavy atom. The maximum atomic E-state index is 9.45. The van der Waals surface area contributed by atoms with Crippen molar-refractivity contribution >= 4 is 0 Å². The molecule has 2 unspecified atom stereocenters. The third-order valence-corrected chi connectivity index (χ3v) is 13.3. The molecule has 0 aliphatic heterocycles. The standard InChI is InChI=1S/C62H58/c1-41-33-57-55-32-30-44(37-60(55)61(59(57)34-42(41)2)51-25-15-26-52(39-51)62(3,4)5)35-43-29-31-47-23-14-24-50(56(47)36-43)38-48-21-12-13-22-49(48)40-58-53(45-17-8-6-9-18-45)27-16-28-54(58)46-19-10-7-11-20-46/h6-13,15-22,25-34,36-37,39,50,61H,14,23-24,35,38,40H2,1-5H3/i6D,7D,8D,9D,10D,11D,17D,18D,19D,20D,33D,34D. The Hall–Kier alpha value is -6.24. The molecule has 0 heteroatoms. The molecule has 0 fully saturated rings. The maximum Gasteiger partial charge on any atom is 0.0632 e. The molecule has 0 N–H and O–H groups in total. The second kappa shape index (κ2) is 16.6. The van der Waals surface area contributed by atoms with Gasteiger partial charge in [-0.3, -0.25) is 0 Å². The van der Waals surface area contributed by atoms with Crippen molar-refractivity contribution in [2.45, 2.75) is 90.4 Å². The zero-order chi connectivity index (χ0) is 52.8. The van der Waals surface area contributed by atoms with E-state index in [2.05, 4.69) is 87.5 Å². The number of fused-ring (bicyclic) bond motifs is 4. The summed E-state index contributed by atoms with van der Waals surface area (Å²) in [6.45, 7) is 10.6. The predicted octanol–water partition coefficient (Wildman–Crippen LogP) is 15.9. The van der Waals surface area contributed by atoms with E-state index in [0.29, 0.717) is 41.6 Å². The fraction of sp³-hybridized carbons (Fsp3) is 0.226. The SMILES string of the molecule is [2H]c1c([2H])c([2H])c(-c2cccc(-c3c([2H])c([2H])c([2H])c([2H])c3[2H])c2Cc2ccccc2CC2CCCc3ccc(Cc4ccc5c(c4)C(c4cccc(C(C)(C)C)c4)c4c([2H])c(C)c(C)c([2H])c4-5)cc32)c([2H])c1[2H]. The second-order valence-electron chi connectivity index (χ2n) is 18.3. The van der Waals surface area contributed by atoms with Crippen LogP contribution in [0.15, 0.2) is 176 Å². The van der Waals surface area contributed by atoms with Crippen LogP contribution in [0, 0.1) is 13.8 Å². The van der Waals surface area contributed by atoms with Gasteiger partial charge in [-0.25, -0.2) is 0 Å². The van der Waals surface area contributed by atoms with Gasteiger partial charge < -0.3 is 0 Å². The Kier molecular flexibility index (Phi) is 7.58. The number of aryl methyl sites for hydroxylation is 1. The zero-order valence-electron chi connectivity index (χ0n) is 48.2. The lowest BCUT2D eigenvalue weighted by Crippen LogP contribution is -2.14. The monoisotopic (exact) mass is 815 g/mol. The summed E-state index contributed by atoms with van der Waals surface area (Å²) >= 11 is 0. The Bertz CT molecular complexity index is 3480. The molecule has 0 aromatic heterocycles. The van der Waals surface area contributed by atoms with Gasteiger partial charge in [-0.2, -0.15) is 0 Å². The van der Waals surface area contributed by atoms with E-state index in [4.69, 9.17) is 13.7 Å². The number of hydrogen-bond acceptors (Lipinski definition) is 0. The van der Waals surface area contributed by atoms with Crippen LogP contribution in [0.2, 0.25) is 0 Å². The second-order valence-corrected chi connectivity index (χ2v) is 18.3. The van der Waals surface area contributed by atoms with Gasteiger partial charge in [0.25, 0.3) is 0 Å². The highest BCUT2D eigenvalue weighted by Gasteiger charge is 2.32. The summed E-state index contributed by atoms with van der Waals surface area (Å²) in [6, 6.07) is 31.9. The van der Waals surface area contributed by atoms with E-state index in [1.807, 2.05) is 32.0 Å². The van der Waals surface area contributed by atoms with Gasteiger partial charge >= 0.3 is 0 Å². The molecule has 2 atom stereocenters. The van der Waals surface area contributed by atoms with E-state index in [-0.39, 0.29) is 59.0 Å². The number of benzene rings is 8. The van der Waals surface area contributed by atoms with Gasteiger partial charge in [-0.1, -0.05) is 196 Å². The van der Waals surface area contributed by atoms with Crippen molar-refractivity contribution in [1.29, 1.82) is 0 Å². The highest BCUT2D eigenvalue weighted by atomic mass is 14.3. The van der Waals surface area contributed by atoms with E-state index in [9.17, 15) is 2.74 Å². The van der Waals surface area contributed by atoms with Gasteiger partial charge in [-0.05, 0) is 169 Å². The van der Waals surface area contributed by atoms with Crippen LogP contribution in [-0.2, 0) is 31.1 Å². The van der Waals surface area contributed by atoms with Crippen molar-refractivity contribution in [1.82, 2.24) is 0 Å². The predicted molar refractivity (Wildman–Crippen MR) is 263 cm³/mol. The van der Waals surface area contributed by atoms with Crippen molar-refractivity contribution in [2.75, 3.05) is 0 Å². The summed E-state index contributed by atoms with van der Waals surface area (Å²) < 4.78 is 106. The zero-order valence-corrected chi connectivity index (χ0v) is 36.2. The molecule has 10 rings (SSSR count). The quantitative estimate of drug-likeness (QED) is 0.136. The van der Waals surface area contributed by atoms with E-state index in [1.54, 1.807) is 18.2 Å². The van der Waals surface area contributed by atoms with Crippen LogP contribution < -0.4 is 0 Å². The lowest BCUT2D eigenvalue weighted by Gasteiger charge is -2.27. The normalized spacial score (nSPS) is 18.2. The third-order valence-electron chi connectivity index (χ3n) is 13.3. The average molecular weight is 815 g/mol. The molecule has 0 saturated carbocycles. The molecule has 306 valence electrons. The first-order valence-electron chi connectivity index (χ1n) is 28.0. The molecule has 2 aliphatic carbocycles. The molecule has 0 saturated heterocycles. The summed E-state index contributed by atoms with van der Waals surface area (Å²) in [5.74, 6) is -0.00790. The van der Waals surface area contributed by atoms with Crippen LogP contribution in [0.3, 0.4) is 0 Å². The van der Waals surface area contributed by atoms with Crippen molar-refractivity contribution in [2.24, 2.45) is 0 Å². The minimum absolute atomic E-state index is 0.0166. The smallest absolute Gasteiger partial charge is 0.0622 e. The molecule has 2 aliphatic rings. The molecule has 8 aromatic rings. The maximum absolute atomic E-state index is 9.45. The summed E-state index contributed by atoms with van der Waals surface area (Å²) in [7, 11) is 0. The summed E-state index contributed by atoms with van der Waals surface area (Å²) in [5.41, 5.74) is 16.0. The molecular formula is C62H58. The highest BCUT2D eigenvalue weighted by molar-refractivity contribution is 5.82. The van der Waals surface area contributed by atoms with Gasteiger partial charge in [0, 0.05) is 5.92 Å². The van der Waals surface area contributed by atoms with E-state index >= 15 is 0 Å². The van der Waals surface area contributed by atoms with Gasteiger partial charge in [0.05, 0.1) is 16.4 Å². The van der Waals surface area contributed by atoms with E-state index in [0.717, 1.165) is 74.9 Å². The lowest BCUT2D eigenvalue weighted by molar-refractivity contribution is 0.548. The van der Waals surface area contributed by atoms with Gasteiger partial charge in [0.2, 0.25) is 0 Å². The van der Waals surface area contributed by atoms with Crippen LogP contribution in [0.4, 0.5) is 0 Å². The fourth-order valence-electron chi connectivity index (χ4n) is 9.92. The minimum Gasteiger partial charge on any atom is -0.0622 e. The largest absolute Gasteiger partial charge is 0.0632 e. The van der Waals surface area contributed by atoms with E-state index < -0.39 is 36.3 Å². The Balaban J connectivity index is 1.02. The molecular weight excluding hydrogens is 745 g/mol. The molecule has 8 aromatic carbocycles. The van der Waals surface area contributed by atoms with Crippen LogP contribution in [0.25, 0.3) is 33.4 Å². The highest BCUT2D eigenvalue weighted by Crippen LogP contribution is 2.50. The topological polar surface area (TPSA) is 0 Å². The summed E-state index contributed by atoms with van der Waals surface area (Å²) in [4.78, 5) is 0. The first kappa shape index (κ1) is 28.4. The third kappa shape index (κ3) is 7.77. The van der Waals surface area contributed by atoms with Crippen molar-refractivity contribution in [3.8, 4) is 33.4 Å². The van der Waals surface area contributed by atoms with Gasteiger partial charge in [-0.15, -0.1) is 0 Å². The Morgan fingerprint density at radius 1 is 0.565 bits per heavy atom. The minimum atomic E-state index is -0.519. The van der Waals surface area contributed by atoms with Crippen LogP contribution in [0.5, 0.6) is 0 Å². The molecule has 0 amide bonds. The molecule has 0 heterocycles. The first-order chi connectivity index (χ1) is 35.2. The molecule has 0 radical (unpaired) electrons. The van der Waals surface area contributed by atoms with Crippen LogP contribution in [-0.4, -0.2) is 0 Å². The molecule has 0 bridgehead atoms. The van der Waals surface area contributed by atoms with Crippen molar-refractivity contribution in [3.05, 3.63) is 248 Å². The fourth-order valence-corrected chi connectivity index (χ4v) is 9.92. The molecule has 0 nitrogen and oxygen atoms in total.